The molecule has 1 saturated carbocycles. The molecule has 1 aromatic carbocycles. The van der Waals surface area contributed by atoms with E-state index in [4.69, 9.17) is 15.0 Å². The van der Waals surface area contributed by atoms with Gasteiger partial charge in [-0.05, 0) is 66.0 Å². The van der Waals surface area contributed by atoms with Crippen LogP contribution in [0.25, 0.3) is 0 Å². The summed E-state index contributed by atoms with van der Waals surface area (Å²) in [6, 6.07) is 7.21. The third-order valence-corrected chi connectivity index (χ3v) is 11.3. The molecule has 1 fully saturated rings. The highest BCUT2D eigenvalue weighted by Gasteiger charge is 2.39. The second-order valence-corrected chi connectivity index (χ2v) is 17.8. The SMILES string of the molecule is CCCCCCCCSc1nc(NC2(c3cc(C(C)(C)C)cc(C(C)(C)C)c3)CCC(O)CC2)nc(SCCCCCCCC)n1. The quantitative estimate of drug-likeness (QED) is 0.114. The maximum Gasteiger partial charge on any atom is 0.228 e. The second-order valence-electron chi connectivity index (χ2n) is 15.7. The minimum absolute atomic E-state index is 0.0270. The van der Waals surface area contributed by atoms with E-state index < -0.39 is 0 Å². The zero-order chi connectivity index (χ0) is 33.6. The number of anilines is 1. The molecule has 3 rings (SSSR count). The fourth-order valence-corrected chi connectivity index (χ4v) is 7.90. The number of hydrogen-bond acceptors (Lipinski definition) is 7. The van der Waals surface area contributed by atoms with Crippen LogP contribution < -0.4 is 5.32 Å². The van der Waals surface area contributed by atoms with Crippen LogP contribution in [0.3, 0.4) is 0 Å². The van der Waals surface area contributed by atoms with Crippen LogP contribution in [0.2, 0.25) is 0 Å². The van der Waals surface area contributed by atoms with Crippen molar-refractivity contribution >= 4 is 29.5 Å². The van der Waals surface area contributed by atoms with E-state index in [1.54, 1.807) is 23.5 Å². The molecular formula is C39H66N4OS2. The summed E-state index contributed by atoms with van der Waals surface area (Å²) in [4.78, 5) is 15.0. The van der Waals surface area contributed by atoms with Crippen LogP contribution >= 0.6 is 23.5 Å². The van der Waals surface area contributed by atoms with Crippen molar-refractivity contribution in [2.75, 3.05) is 16.8 Å². The first kappa shape index (κ1) is 39.1. The van der Waals surface area contributed by atoms with Crippen LogP contribution in [0.15, 0.2) is 28.5 Å². The standard InChI is InChI=1S/C39H66N4OS2/c1-9-11-13-15-17-19-25-45-35-40-34(41-36(42-35)46-26-20-18-16-14-12-10-2)43-39(23-21-33(44)22-24-39)32-28-30(37(3,4)5)27-31(29-32)38(6,7)8/h27-29,33,44H,9-26H2,1-8H3,(H,40,41,42,43). The van der Waals surface area contributed by atoms with Crippen LogP contribution in [-0.2, 0) is 16.4 Å². The molecule has 0 radical (unpaired) electrons. The number of nitrogens with zero attached hydrogens (tertiary/aromatic N) is 3. The fourth-order valence-electron chi connectivity index (χ4n) is 6.18. The van der Waals surface area contributed by atoms with Gasteiger partial charge in [0.15, 0.2) is 10.3 Å². The van der Waals surface area contributed by atoms with Gasteiger partial charge in [0.1, 0.15) is 0 Å². The Morgan fingerprint density at radius 3 is 1.54 bits per heavy atom. The third-order valence-electron chi connectivity index (χ3n) is 9.43. The summed E-state index contributed by atoms with van der Waals surface area (Å²) in [5, 5.41) is 16.2. The molecule has 2 aromatic rings. The lowest BCUT2D eigenvalue weighted by molar-refractivity contribution is 0.102. The zero-order valence-corrected chi connectivity index (χ0v) is 32.3. The van der Waals surface area contributed by atoms with Gasteiger partial charge in [-0.1, -0.05) is 161 Å². The first-order valence-electron chi connectivity index (χ1n) is 18.5. The average molecular weight is 671 g/mol. The molecule has 0 unspecified atom stereocenters. The summed E-state index contributed by atoms with van der Waals surface area (Å²) < 4.78 is 0. The van der Waals surface area contributed by atoms with Crippen molar-refractivity contribution in [2.45, 2.75) is 191 Å². The van der Waals surface area contributed by atoms with Crippen molar-refractivity contribution in [3.05, 3.63) is 34.9 Å². The fraction of sp³-hybridized carbons (Fsp3) is 0.769. The largest absolute Gasteiger partial charge is 0.393 e. The van der Waals surface area contributed by atoms with Gasteiger partial charge < -0.3 is 10.4 Å². The van der Waals surface area contributed by atoms with Crippen molar-refractivity contribution < 1.29 is 5.11 Å². The average Bonchev–Trinajstić information content (AvgIpc) is 3.00. The molecule has 1 aliphatic carbocycles. The van der Waals surface area contributed by atoms with E-state index in [9.17, 15) is 5.11 Å². The van der Waals surface area contributed by atoms with Gasteiger partial charge in [0.2, 0.25) is 5.95 Å². The Kier molecular flexibility index (Phi) is 16.2. The highest BCUT2D eigenvalue weighted by atomic mass is 32.2. The lowest BCUT2D eigenvalue weighted by Gasteiger charge is -2.41. The Bertz CT molecular complexity index is 1100. The summed E-state index contributed by atoms with van der Waals surface area (Å²) >= 11 is 3.56. The number of aliphatic hydroxyl groups excluding tert-OH is 1. The maximum atomic E-state index is 10.6. The van der Waals surface area contributed by atoms with E-state index in [0.29, 0.717) is 5.95 Å². The zero-order valence-electron chi connectivity index (χ0n) is 30.6. The van der Waals surface area contributed by atoms with E-state index in [-0.39, 0.29) is 22.5 Å². The summed E-state index contributed by atoms with van der Waals surface area (Å²) in [6.45, 7) is 18.4. The summed E-state index contributed by atoms with van der Waals surface area (Å²) in [5.74, 6) is 2.76. The Morgan fingerprint density at radius 2 is 1.11 bits per heavy atom. The van der Waals surface area contributed by atoms with Crippen LogP contribution in [0, 0.1) is 0 Å². The molecule has 0 spiro atoms. The van der Waals surface area contributed by atoms with E-state index in [0.717, 1.165) is 47.5 Å². The molecule has 260 valence electrons. The molecule has 0 saturated heterocycles. The Hall–Kier alpha value is -1.31. The van der Waals surface area contributed by atoms with E-state index in [1.807, 2.05) is 0 Å². The Morgan fingerprint density at radius 1 is 0.674 bits per heavy atom. The molecule has 0 atom stereocenters. The molecule has 1 aliphatic rings. The van der Waals surface area contributed by atoms with Gasteiger partial charge >= 0.3 is 0 Å². The van der Waals surface area contributed by atoms with Crippen LogP contribution in [-0.4, -0.2) is 37.7 Å². The topological polar surface area (TPSA) is 70.9 Å². The predicted molar refractivity (Wildman–Crippen MR) is 202 cm³/mol. The van der Waals surface area contributed by atoms with E-state index in [2.05, 4.69) is 78.9 Å². The number of nitrogens with one attached hydrogen (secondary N) is 1. The van der Waals surface area contributed by atoms with Gasteiger partial charge in [-0.25, -0.2) is 0 Å². The van der Waals surface area contributed by atoms with Gasteiger partial charge in [-0.2, -0.15) is 15.0 Å². The summed E-state index contributed by atoms with van der Waals surface area (Å²) in [7, 11) is 0. The summed E-state index contributed by atoms with van der Waals surface area (Å²) in [5.41, 5.74) is 3.70. The smallest absolute Gasteiger partial charge is 0.228 e. The van der Waals surface area contributed by atoms with Gasteiger partial charge in [0, 0.05) is 11.5 Å². The Balaban J connectivity index is 1.90. The van der Waals surface area contributed by atoms with Gasteiger partial charge in [0.05, 0.1) is 11.6 Å². The lowest BCUT2D eigenvalue weighted by Crippen LogP contribution is -2.41. The number of rotatable bonds is 19. The molecule has 7 heteroatoms. The minimum atomic E-state index is -0.343. The molecule has 0 bridgehead atoms. The van der Waals surface area contributed by atoms with Crippen molar-refractivity contribution in [2.24, 2.45) is 0 Å². The second kappa shape index (κ2) is 19.0. The monoisotopic (exact) mass is 670 g/mol. The van der Waals surface area contributed by atoms with Gasteiger partial charge in [-0.15, -0.1) is 0 Å². The molecule has 46 heavy (non-hydrogen) atoms. The number of thioether (sulfide) groups is 2. The highest BCUT2D eigenvalue weighted by molar-refractivity contribution is 7.99. The first-order chi connectivity index (χ1) is 21.9. The summed E-state index contributed by atoms with van der Waals surface area (Å²) in [6.07, 6.45) is 18.4. The normalized spacial score (nSPS) is 19.0. The van der Waals surface area contributed by atoms with Crippen LogP contribution in [0.1, 0.15) is 175 Å². The van der Waals surface area contributed by atoms with Gasteiger partial charge in [0.25, 0.3) is 0 Å². The van der Waals surface area contributed by atoms with Crippen LogP contribution in [0.4, 0.5) is 5.95 Å². The van der Waals surface area contributed by atoms with Crippen molar-refractivity contribution in [3.63, 3.8) is 0 Å². The van der Waals surface area contributed by atoms with Crippen LogP contribution in [0.5, 0.6) is 0 Å². The van der Waals surface area contributed by atoms with Crippen molar-refractivity contribution in [1.29, 1.82) is 0 Å². The molecule has 1 aromatic heterocycles. The molecule has 0 aliphatic heterocycles. The predicted octanol–water partition coefficient (Wildman–Crippen LogP) is 11.6. The maximum absolute atomic E-state index is 10.6. The third kappa shape index (κ3) is 13.0. The van der Waals surface area contributed by atoms with Gasteiger partial charge in [-0.3, -0.25) is 0 Å². The number of hydrogen-bond donors (Lipinski definition) is 2. The molecule has 1 heterocycles. The number of unbranched alkanes of at least 4 members (excludes halogenated alkanes) is 10. The molecule has 2 N–H and O–H groups in total. The Labute approximate surface area is 291 Å². The number of benzene rings is 1. The number of aromatic nitrogens is 3. The van der Waals surface area contributed by atoms with E-state index >= 15 is 0 Å². The molecule has 0 amide bonds. The van der Waals surface area contributed by atoms with Crippen molar-refractivity contribution in [3.8, 4) is 0 Å². The molecule has 5 nitrogen and oxygen atoms in total. The first-order valence-corrected chi connectivity index (χ1v) is 20.5. The van der Waals surface area contributed by atoms with Crippen molar-refractivity contribution in [1.82, 2.24) is 15.0 Å². The molecular weight excluding hydrogens is 605 g/mol. The number of aliphatic hydroxyl groups is 1. The highest BCUT2D eigenvalue weighted by Crippen LogP contribution is 2.43. The lowest BCUT2D eigenvalue weighted by atomic mass is 9.71. The van der Waals surface area contributed by atoms with E-state index in [1.165, 1.54) is 93.7 Å². The minimum Gasteiger partial charge on any atom is -0.393 e.